The van der Waals surface area contributed by atoms with E-state index >= 15 is 0 Å². The Hall–Kier alpha value is -1.07. The average Bonchev–Trinajstić information content (AvgIpc) is 2.75. The van der Waals surface area contributed by atoms with Crippen LogP contribution in [0.5, 0.6) is 0 Å². The molecule has 0 radical (unpaired) electrons. The fraction of sp³-hybridized carbons (Fsp3) is 0.571. The van der Waals surface area contributed by atoms with E-state index in [1.54, 1.807) is 24.3 Å². The van der Waals surface area contributed by atoms with E-state index in [2.05, 4.69) is 17.0 Å². The Labute approximate surface area is 115 Å². The normalized spacial score (nSPS) is 23.5. The number of nitrogens with one attached hydrogen (secondary N) is 2. The van der Waals surface area contributed by atoms with Crippen LogP contribution in [0.4, 0.5) is 5.69 Å². The maximum atomic E-state index is 12.2. The largest absolute Gasteiger partial charge is 0.385 e. The van der Waals surface area contributed by atoms with Crippen molar-refractivity contribution in [3.8, 4) is 0 Å². The molecule has 1 aliphatic rings. The highest BCUT2D eigenvalue weighted by Crippen LogP contribution is 2.26. The molecule has 1 aromatic carbocycles. The molecule has 1 aromatic rings. The SMILES string of the molecule is CCNc1ccc(S(=O)(=O)NC2CCC(C)C2)cc1. The number of hydrogen-bond donors (Lipinski definition) is 2. The van der Waals surface area contributed by atoms with Crippen LogP contribution in [0.3, 0.4) is 0 Å². The van der Waals surface area contributed by atoms with E-state index in [9.17, 15) is 8.42 Å². The molecule has 1 aliphatic carbocycles. The Morgan fingerprint density at radius 3 is 2.42 bits per heavy atom. The first-order valence-corrected chi connectivity index (χ1v) is 8.36. The molecule has 0 saturated heterocycles. The number of benzene rings is 1. The predicted molar refractivity (Wildman–Crippen MR) is 77.7 cm³/mol. The molecule has 1 saturated carbocycles. The quantitative estimate of drug-likeness (QED) is 0.872. The van der Waals surface area contributed by atoms with Crippen molar-refractivity contribution >= 4 is 15.7 Å². The maximum Gasteiger partial charge on any atom is 0.240 e. The van der Waals surface area contributed by atoms with Crippen LogP contribution < -0.4 is 10.0 Å². The number of hydrogen-bond acceptors (Lipinski definition) is 3. The van der Waals surface area contributed by atoms with Gasteiger partial charge in [-0.2, -0.15) is 0 Å². The summed E-state index contributed by atoms with van der Waals surface area (Å²) in [7, 11) is -3.38. The number of anilines is 1. The minimum absolute atomic E-state index is 0.0912. The van der Waals surface area contributed by atoms with Crippen LogP contribution in [0.25, 0.3) is 0 Å². The van der Waals surface area contributed by atoms with Crippen molar-refractivity contribution in [3.63, 3.8) is 0 Å². The average molecular weight is 282 g/mol. The Balaban J connectivity index is 2.06. The summed E-state index contributed by atoms with van der Waals surface area (Å²) in [5.41, 5.74) is 0.941. The molecule has 2 atom stereocenters. The molecule has 4 nitrogen and oxygen atoms in total. The van der Waals surface area contributed by atoms with Crippen LogP contribution in [0.1, 0.15) is 33.1 Å². The van der Waals surface area contributed by atoms with Crippen molar-refractivity contribution in [1.29, 1.82) is 0 Å². The lowest BCUT2D eigenvalue weighted by atomic mass is 10.1. The molecule has 0 amide bonds. The third-order valence-corrected chi connectivity index (χ3v) is 5.10. The lowest BCUT2D eigenvalue weighted by Crippen LogP contribution is -2.32. The van der Waals surface area contributed by atoms with Gasteiger partial charge in [-0.1, -0.05) is 6.92 Å². The third-order valence-electron chi connectivity index (χ3n) is 3.56. The van der Waals surface area contributed by atoms with E-state index in [0.717, 1.165) is 31.5 Å². The molecule has 0 aliphatic heterocycles. The zero-order chi connectivity index (χ0) is 13.9. The number of rotatable bonds is 5. The standard InChI is InChI=1S/C14H22N2O2S/c1-3-15-12-6-8-14(9-7-12)19(17,18)16-13-5-4-11(2)10-13/h6-9,11,13,15-16H,3-5,10H2,1-2H3. The first-order valence-electron chi connectivity index (χ1n) is 6.87. The molecular weight excluding hydrogens is 260 g/mol. The first kappa shape index (κ1) is 14.3. The monoisotopic (exact) mass is 282 g/mol. The second kappa shape index (κ2) is 5.92. The second-order valence-corrected chi connectivity index (χ2v) is 7.01. The third kappa shape index (κ3) is 3.70. The van der Waals surface area contributed by atoms with Gasteiger partial charge in [-0.3, -0.25) is 0 Å². The van der Waals surface area contributed by atoms with Crippen LogP contribution >= 0.6 is 0 Å². The number of sulfonamides is 1. The minimum atomic E-state index is -3.38. The fourth-order valence-electron chi connectivity index (χ4n) is 2.56. The summed E-state index contributed by atoms with van der Waals surface area (Å²) in [6, 6.07) is 7.00. The van der Waals surface area contributed by atoms with Crippen LogP contribution in [0, 0.1) is 5.92 Å². The molecule has 2 N–H and O–H groups in total. The van der Waals surface area contributed by atoms with Crippen LogP contribution in [-0.4, -0.2) is 21.0 Å². The van der Waals surface area contributed by atoms with E-state index < -0.39 is 10.0 Å². The molecule has 19 heavy (non-hydrogen) atoms. The van der Waals surface area contributed by atoms with Gasteiger partial charge in [0.1, 0.15) is 0 Å². The van der Waals surface area contributed by atoms with Crippen molar-refractivity contribution in [2.45, 2.75) is 44.0 Å². The topological polar surface area (TPSA) is 58.2 Å². The molecule has 2 unspecified atom stereocenters. The Kier molecular flexibility index (Phi) is 4.47. The molecule has 1 fully saturated rings. The Morgan fingerprint density at radius 1 is 1.21 bits per heavy atom. The molecule has 0 spiro atoms. The van der Waals surface area contributed by atoms with Crippen LogP contribution in [0.15, 0.2) is 29.2 Å². The van der Waals surface area contributed by atoms with Gasteiger partial charge >= 0.3 is 0 Å². The van der Waals surface area contributed by atoms with Gasteiger partial charge in [-0.05, 0) is 56.4 Å². The highest BCUT2D eigenvalue weighted by atomic mass is 32.2. The van der Waals surface area contributed by atoms with Gasteiger partial charge in [0.15, 0.2) is 0 Å². The van der Waals surface area contributed by atoms with E-state index in [1.807, 2.05) is 6.92 Å². The molecule has 2 rings (SSSR count). The summed E-state index contributed by atoms with van der Waals surface area (Å²) < 4.78 is 27.3. The van der Waals surface area contributed by atoms with Gasteiger partial charge in [0.05, 0.1) is 4.90 Å². The van der Waals surface area contributed by atoms with Gasteiger partial charge < -0.3 is 5.32 Å². The summed E-state index contributed by atoms with van der Waals surface area (Å²) in [6.45, 7) is 5.00. The van der Waals surface area contributed by atoms with Crippen molar-refractivity contribution in [2.75, 3.05) is 11.9 Å². The molecule has 106 valence electrons. The van der Waals surface area contributed by atoms with E-state index in [-0.39, 0.29) is 6.04 Å². The van der Waals surface area contributed by atoms with Gasteiger partial charge in [-0.15, -0.1) is 0 Å². The van der Waals surface area contributed by atoms with E-state index in [4.69, 9.17) is 0 Å². The smallest absolute Gasteiger partial charge is 0.240 e. The van der Waals surface area contributed by atoms with Crippen molar-refractivity contribution < 1.29 is 8.42 Å². The molecular formula is C14H22N2O2S. The summed E-state index contributed by atoms with van der Waals surface area (Å²) in [5, 5.41) is 3.15. The molecule has 0 aromatic heterocycles. The van der Waals surface area contributed by atoms with Crippen LogP contribution in [-0.2, 0) is 10.0 Å². The van der Waals surface area contributed by atoms with E-state index in [0.29, 0.717) is 10.8 Å². The first-order chi connectivity index (χ1) is 9.01. The highest BCUT2D eigenvalue weighted by molar-refractivity contribution is 7.89. The minimum Gasteiger partial charge on any atom is -0.385 e. The van der Waals surface area contributed by atoms with Crippen molar-refractivity contribution in [1.82, 2.24) is 4.72 Å². The van der Waals surface area contributed by atoms with E-state index in [1.165, 1.54) is 0 Å². The maximum absolute atomic E-state index is 12.2. The van der Waals surface area contributed by atoms with Crippen molar-refractivity contribution in [3.05, 3.63) is 24.3 Å². The summed E-state index contributed by atoms with van der Waals surface area (Å²) in [4.78, 5) is 0.341. The van der Waals surface area contributed by atoms with Gasteiger partial charge in [0.25, 0.3) is 0 Å². The Bertz CT molecular complexity index is 511. The highest BCUT2D eigenvalue weighted by Gasteiger charge is 2.26. The second-order valence-electron chi connectivity index (χ2n) is 5.29. The molecule has 0 heterocycles. The summed E-state index contributed by atoms with van der Waals surface area (Å²) in [5.74, 6) is 0.615. The molecule has 5 heteroatoms. The lowest BCUT2D eigenvalue weighted by molar-refractivity contribution is 0.538. The van der Waals surface area contributed by atoms with Crippen LogP contribution in [0.2, 0.25) is 0 Å². The van der Waals surface area contributed by atoms with Gasteiger partial charge in [-0.25, -0.2) is 13.1 Å². The molecule has 0 bridgehead atoms. The predicted octanol–water partition coefficient (Wildman–Crippen LogP) is 2.59. The Morgan fingerprint density at radius 2 is 1.89 bits per heavy atom. The van der Waals surface area contributed by atoms with Gasteiger partial charge in [0, 0.05) is 18.3 Å². The fourth-order valence-corrected chi connectivity index (χ4v) is 3.84. The summed E-state index contributed by atoms with van der Waals surface area (Å²) in [6.07, 6.45) is 2.98. The van der Waals surface area contributed by atoms with Gasteiger partial charge in [0.2, 0.25) is 10.0 Å². The summed E-state index contributed by atoms with van der Waals surface area (Å²) >= 11 is 0. The zero-order valence-corrected chi connectivity index (χ0v) is 12.3. The zero-order valence-electron chi connectivity index (χ0n) is 11.5. The van der Waals surface area contributed by atoms with Crippen molar-refractivity contribution in [2.24, 2.45) is 5.92 Å². The lowest BCUT2D eigenvalue weighted by Gasteiger charge is -2.13.